The van der Waals surface area contributed by atoms with Crippen LogP contribution in [0.5, 0.6) is 0 Å². The van der Waals surface area contributed by atoms with Crippen molar-refractivity contribution in [2.45, 2.75) is 13.8 Å². The summed E-state index contributed by atoms with van der Waals surface area (Å²) in [6, 6.07) is 0. The molecule has 16 heavy (non-hydrogen) atoms. The Morgan fingerprint density at radius 2 is 1.25 bits per heavy atom. The molecule has 0 radical (unpaired) electrons. The number of carbonyl (C=O) groups is 1. The van der Waals surface area contributed by atoms with E-state index < -0.39 is 0 Å². The average molecular weight is 230 g/mol. The Labute approximate surface area is 93.9 Å². The number of anilines is 3. The van der Waals surface area contributed by atoms with E-state index in [2.05, 4.69) is 15.0 Å². The summed E-state index contributed by atoms with van der Waals surface area (Å²) in [5, 5.41) is 8.14. The highest BCUT2D eigenvalue weighted by molar-refractivity contribution is 5.33. The van der Waals surface area contributed by atoms with Crippen molar-refractivity contribution in [2.75, 3.05) is 23.8 Å². The topological polar surface area (TPSA) is 154 Å². The number of nitrogens with two attached hydrogens (primary N) is 3. The lowest BCUT2D eigenvalue weighted by molar-refractivity contribution is -0.0979. The van der Waals surface area contributed by atoms with E-state index in [4.69, 9.17) is 27.1 Å². The molecule has 0 fully saturated rings. The van der Waals surface area contributed by atoms with Gasteiger partial charge in [-0.15, -0.1) is 0 Å². The fourth-order valence-electron chi connectivity index (χ4n) is 0.427. The fraction of sp³-hybridized carbons (Fsp3) is 0.500. The van der Waals surface area contributed by atoms with E-state index >= 15 is 0 Å². The van der Waals surface area contributed by atoms with Crippen LogP contribution in [-0.2, 0) is 4.79 Å². The largest absolute Gasteiger partial charge is 0.396 e. The second kappa shape index (κ2) is 9.59. The van der Waals surface area contributed by atoms with Crippen LogP contribution in [0.2, 0.25) is 0 Å². The molecule has 0 saturated carbocycles. The number of hydrogen-bond donors (Lipinski definition) is 4. The summed E-state index contributed by atoms with van der Waals surface area (Å²) in [6.07, 6.45) is 0. The zero-order chi connectivity index (χ0) is 13.1. The van der Waals surface area contributed by atoms with E-state index in [-0.39, 0.29) is 17.8 Å². The van der Waals surface area contributed by atoms with E-state index in [1.807, 2.05) is 20.6 Å². The summed E-state index contributed by atoms with van der Waals surface area (Å²) in [5.41, 5.74) is 15.4. The van der Waals surface area contributed by atoms with Gasteiger partial charge in [0, 0.05) is 6.61 Å². The van der Waals surface area contributed by atoms with Gasteiger partial charge in [0.05, 0.1) is 0 Å². The maximum atomic E-state index is 8.14. The van der Waals surface area contributed by atoms with Crippen LogP contribution >= 0.6 is 0 Å². The highest BCUT2D eigenvalue weighted by atomic mass is 16.3. The standard InChI is InChI=1S/C4H10O.C3H6N6.CH2O/c1-4(2)3-5;4-1-7-2(5)9-3(6)8-1;1-2/h4-5H,3H2,1-2H3;(H6,4,5,6,7,8,9);1H2. The molecule has 0 aliphatic heterocycles. The van der Waals surface area contributed by atoms with Crippen molar-refractivity contribution in [1.82, 2.24) is 15.0 Å². The summed E-state index contributed by atoms with van der Waals surface area (Å²) in [6.45, 7) is 6.25. The van der Waals surface area contributed by atoms with Crippen LogP contribution in [0.25, 0.3) is 0 Å². The summed E-state index contributed by atoms with van der Waals surface area (Å²) < 4.78 is 0. The Balaban J connectivity index is 0. The van der Waals surface area contributed by atoms with E-state index in [0.29, 0.717) is 12.5 Å². The third-order valence-electron chi connectivity index (χ3n) is 1.05. The number of aliphatic hydroxyl groups excluding tert-OH is 1. The Morgan fingerprint density at radius 1 is 1.06 bits per heavy atom. The van der Waals surface area contributed by atoms with Gasteiger partial charge in [-0.2, -0.15) is 15.0 Å². The van der Waals surface area contributed by atoms with Crippen LogP contribution < -0.4 is 17.2 Å². The maximum absolute atomic E-state index is 8.14. The zero-order valence-electron chi connectivity index (χ0n) is 9.42. The highest BCUT2D eigenvalue weighted by Crippen LogP contribution is 1.97. The minimum absolute atomic E-state index is 0.0417. The van der Waals surface area contributed by atoms with E-state index in [9.17, 15) is 0 Å². The van der Waals surface area contributed by atoms with E-state index in [0.717, 1.165) is 0 Å². The molecule has 92 valence electrons. The normalized spacial score (nSPS) is 8.50. The van der Waals surface area contributed by atoms with Crippen molar-refractivity contribution in [3.05, 3.63) is 0 Å². The van der Waals surface area contributed by atoms with Crippen LogP contribution in [0.4, 0.5) is 17.8 Å². The molecule has 0 atom stereocenters. The lowest BCUT2D eigenvalue weighted by atomic mass is 10.2. The highest BCUT2D eigenvalue weighted by Gasteiger charge is 1.93. The quantitative estimate of drug-likeness (QED) is 0.482. The smallest absolute Gasteiger partial charge is 0.226 e. The number of nitrogens with zero attached hydrogens (tertiary/aromatic N) is 3. The van der Waals surface area contributed by atoms with Gasteiger partial charge in [-0.3, -0.25) is 0 Å². The van der Waals surface area contributed by atoms with Crippen LogP contribution in [0.3, 0.4) is 0 Å². The summed E-state index contributed by atoms with van der Waals surface area (Å²) in [7, 11) is 0. The van der Waals surface area contributed by atoms with Crippen LogP contribution in [-0.4, -0.2) is 33.5 Å². The van der Waals surface area contributed by atoms with Crippen molar-refractivity contribution in [2.24, 2.45) is 5.92 Å². The van der Waals surface area contributed by atoms with Crippen LogP contribution in [0.15, 0.2) is 0 Å². The average Bonchev–Trinajstić information content (AvgIpc) is 2.19. The molecule has 0 aliphatic rings. The first-order chi connectivity index (χ1) is 7.45. The van der Waals surface area contributed by atoms with Gasteiger partial charge in [-0.05, 0) is 5.92 Å². The SMILES string of the molecule is C=O.CC(C)CO.Nc1nc(N)nc(N)n1. The lowest BCUT2D eigenvalue weighted by Gasteiger charge is -1.93. The molecule has 1 aromatic heterocycles. The van der Waals surface area contributed by atoms with Crippen LogP contribution in [0.1, 0.15) is 13.8 Å². The molecule has 0 aromatic carbocycles. The van der Waals surface area contributed by atoms with Gasteiger partial charge in [-0.1, -0.05) is 13.8 Å². The molecule has 0 bridgehead atoms. The third-order valence-corrected chi connectivity index (χ3v) is 1.05. The molecule has 7 N–H and O–H groups in total. The third kappa shape index (κ3) is 10.1. The zero-order valence-corrected chi connectivity index (χ0v) is 9.42. The Kier molecular flexibility index (Phi) is 9.87. The van der Waals surface area contributed by atoms with Gasteiger partial charge < -0.3 is 27.1 Å². The number of aromatic nitrogens is 3. The molecule has 0 aliphatic carbocycles. The lowest BCUT2D eigenvalue weighted by Crippen LogP contribution is -2.05. The molecule has 1 aromatic rings. The monoisotopic (exact) mass is 230 g/mol. The van der Waals surface area contributed by atoms with E-state index in [1.54, 1.807) is 0 Å². The minimum atomic E-state index is 0.0417. The first-order valence-corrected chi connectivity index (χ1v) is 4.38. The van der Waals surface area contributed by atoms with Crippen molar-refractivity contribution in [1.29, 1.82) is 0 Å². The maximum Gasteiger partial charge on any atom is 0.226 e. The predicted octanol–water partition coefficient (Wildman–Crippen LogP) is -0.932. The summed E-state index contributed by atoms with van der Waals surface area (Å²) in [5.74, 6) is 0.565. The van der Waals surface area contributed by atoms with Crippen LogP contribution in [0, 0.1) is 5.92 Å². The number of hydrogen-bond acceptors (Lipinski definition) is 8. The molecule has 1 rings (SSSR count). The van der Waals surface area contributed by atoms with Gasteiger partial charge in [0.15, 0.2) is 0 Å². The number of aliphatic hydroxyl groups is 1. The number of nitrogen functional groups attached to an aromatic ring is 3. The number of carbonyl (C=O) groups excluding carboxylic acids is 1. The van der Waals surface area contributed by atoms with Gasteiger partial charge in [0.1, 0.15) is 6.79 Å². The fourth-order valence-corrected chi connectivity index (χ4v) is 0.427. The summed E-state index contributed by atoms with van der Waals surface area (Å²) >= 11 is 0. The first-order valence-electron chi connectivity index (χ1n) is 4.38. The summed E-state index contributed by atoms with van der Waals surface area (Å²) in [4.78, 5) is 18.5. The molecule has 0 unspecified atom stereocenters. The number of rotatable bonds is 1. The Bertz CT molecular complexity index is 243. The van der Waals surface area contributed by atoms with Gasteiger partial charge in [-0.25, -0.2) is 0 Å². The van der Waals surface area contributed by atoms with Gasteiger partial charge in [0.25, 0.3) is 0 Å². The second-order valence-electron chi connectivity index (χ2n) is 2.99. The Morgan fingerprint density at radius 3 is 1.38 bits per heavy atom. The van der Waals surface area contributed by atoms with Crippen molar-refractivity contribution < 1.29 is 9.90 Å². The molecular weight excluding hydrogens is 212 g/mol. The molecule has 8 heteroatoms. The molecule has 0 spiro atoms. The molecule has 0 saturated heterocycles. The van der Waals surface area contributed by atoms with E-state index in [1.165, 1.54) is 0 Å². The molecule has 8 nitrogen and oxygen atoms in total. The molecular formula is C8H18N6O2. The van der Waals surface area contributed by atoms with Gasteiger partial charge in [0.2, 0.25) is 17.8 Å². The molecule has 0 amide bonds. The van der Waals surface area contributed by atoms with Crippen molar-refractivity contribution in [3.63, 3.8) is 0 Å². The van der Waals surface area contributed by atoms with Crippen molar-refractivity contribution >= 4 is 24.6 Å². The van der Waals surface area contributed by atoms with Gasteiger partial charge >= 0.3 is 0 Å². The van der Waals surface area contributed by atoms with Crippen molar-refractivity contribution in [3.8, 4) is 0 Å². The molecule has 1 heterocycles. The first kappa shape index (κ1) is 16.5. The predicted molar refractivity (Wildman–Crippen MR) is 62.1 cm³/mol. The minimum Gasteiger partial charge on any atom is -0.396 e. The second-order valence-corrected chi connectivity index (χ2v) is 2.99. The Hall–Kier alpha value is -1.96.